The van der Waals surface area contributed by atoms with E-state index in [1.54, 1.807) is 0 Å². The molecule has 4 aliphatic rings. The second-order valence-corrected chi connectivity index (χ2v) is 6.00. The quantitative estimate of drug-likeness (QED) is 0.435. The van der Waals surface area contributed by atoms with E-state index in [1.807, 2.05) is 0 Å². The lowest BCUT2D eigenvalue weighted by Crippen LogP contribution is -2.92. The van der Waals surface area contributed by atoms with Crippen molar-refractivity contribution in [2.75, 3.05) is 0 Å². The molecule has 4 saturated carbocycles. The maximum Gasteiger partial charge on any atom is 0.331 e. The van der Waals surface area contributed by atoms with Crippen LogP contribution in [0.2, 0.25) is 0 Å². The lowest BCUT2D eigenvalue weighted by atomic mass is 9.46. The Balaban J connectivity index is 2.25. The SMILES string of the molecule is C=CC(=O)OC12C(F)C3C(F)C(F)(C(F)C(F)(C3F)C1F)C2F. The highest BCUT2D eigenvalue weighted by molar-refractivity contribution is 5.82. The second kappa shape index (κ2) is 4.38. The van der Waals surface area contributed by atoms with E-state index >= 15 is 0 Å². The summed E-state index contributed by atoms with van der Waals surface area (Å²) in [4.78, 5) is 11.2. The van der Waals surface area contributed by atoms with Crippen molar-refractivity contribution in [1.29, 1.82) is 0 Å². The molecule has 0 spiro atoms. The molecule has 0 saturated heterocycles. The Kier molecular flexibility index (Phi) is 3.15. The molecule has 7 atom stereocenters. The zero-order valence-corrected chi connectivity index (χ0v) is 11.2. The van der Waals surface area contributed by atoms with E-state index in [-0.39, 0.29) is 0 Å². The third kappa shape index (κ3) is 1.40. The molecule has 10 heteroatoms. The van der Waals surface area contributed by atoms with Gasteiger partial charge in [-0.3, -0.25) is 0 Å². The summed E-state index contributed by atoms with van der Waals surface area (Å²) in [7, 11) is 0. The minimum absolute atomic E-state index is 0.313. The number of esters is 1. The number of halogens is 8. The van der Waals surface area contributed by atoms with Crippen molar-refractivity contribution in [2.24, 2.45) is 5.92 Å². The van der Waals surface area contributed by atoms with E-state index in [4.69, 9.17) is 0 Å². The summed E-state index contributed by atoms with van der Waals surface area (Å²) in [5, 5.41) is 0. The van der Waals surface area contributed by atoms with Gasteiger partial charge in [0.25, 0.3) is 0 Å². The van der Waals surface area contributed by atoms with Crippen LogP contribution in [-0.4, -0.2) is 59.9 Å². The van der Waals surface area contributed by atoms with Crippen LogP contribution in [0.5, 0.6) is 0 Å². The maximum atomic E-state index is 14.5. The van der Waals surface area contributed by atoms with Gasteiger partial charge < -0.3 is 4.74 Å². The zero-order valence-electron chi connectivity index (χ0n) is 11.2. The first kappa shape index (κ1) is 16.5. The van der Waals surface area contributed by atoms with Gasteiger partial charge in [0, 0.05) is 6.08 Å². The Morgan fingerprint density at radius 2 is 1.30 bits per heavy atom. The van der Waals surface area contributed by atoms with Gasteiger partial charge in [-0.1, -0.05) is 6.58 Å². The molecular formula is C13H10F8O2. The van der Waals surface area contributed by atoms with Crippen LogP contribution in [0.25, 0.3) is 0 Å². The van der Waals surface area contributed by atoms with Crippen molar-refractivity contribution in [3.8, 4) is 0 Å². The molecule has 0 aromatic carbocycles. The highest BCUT2D eigenvalue weighted by Gasteiger charge is 2.93. The number of rotatable bonds is 2. The molecule has 130 valence electrons. The van der Waals surface area contributed by atoms with Crippen molar-refractivity contribution in [3.05, 3.63) is 12.7 Å². The molecule has 0 N–H and O–H groups in total. The minimum Gasteiger partial charge on any atom is -0.446 e. The van der Waals surface area contributed by atoms with Crippen molar-refractivity contribution >= 4 is 5.97 Å². The summed E-state index contributed by atoms with van der Waals surface area (Å²) >= 11 is 0. The number of hydrogen-bond donors (Lipinski definition) is 0. The monoisotopic (exact) mass is 350 g/mol. The molecule has 0 radical (unpaired) electrons. The average Bonchev–Trinajstić information content (AvgIpc) is 2.52. The van der Waals surface area contributed by atoms with E-state index < -0.39 is 65.9 Å². The zero-order chi connectivity index (χ0) is 17.5. The molecule has 2 nitrogen and oxygen atoms in total. The molecule has 0 heterocycles. The van der Waals surface area contributed by atoms with Gasteiger partial charge in [0.1, 0.15) is 12.3 Å². The first-order valence-electron chi connectivity index (χ1n) is 6.59. The Hall–Kier alpha value is -1.35. The molecule has 4 rings (SSSR count). The van der Waals surface area contributed by atoms with Crippen LogP contribution >= 0.6 is 0 Å². The normalized spacial score (nSPS) is 60.6. The van der Waals surface area contributed by atoms with Gasteiger partial charge in [0.2, 0.25) is 16.9 Å². The van der Waals surface area contributed by atoms with Crippen LogP contribution in [0, 0.1) is 5.92 Å². The van der Waals surface area contributed by atoms with Gasteiger partial charge in [0.05, 0.1) is 5.92 Å². The fourth-order valence-corrected chi connectivity index (χ4v) is 3.97. The minimum atomic E-state index is -4.38. The average molecular weight is 350 g/mol. The predicted molar refractivity (Wildman–Crippen MR) is 59.6 cm³/mol. The second-order valence-electron chi connectivity index (χ2n) is 6.00. The standard InChI is InChI=1S/C13H10F8O2/c1-2-3(22)23-13-7(16)4-5(14)11(20,9(13)18)8(17)12(21,6(4)15)10(13)19/h2,4-10H,1H2. The predicted octanol–water partition coefficient (Wildman–Crippen LogP) is 2.56. The lowest BCUT2D eigenvalue weighted by Gasteiger charge is -2.66. The van der Waals surface area contributed by atoms with Gasteiger partial charge in [-0.15, -0.1) is 0 Å². The van der Waals surface area contributed by atoms with Crippen molar-refractivity contribution in [1.82, 2.24) is 0 Å². The van der Waals surface area contributed by atoms with Crippen LogP contribution in [0.4, 0.5) is 35.1 Å². The molecule has 0 amide bonds. The Labute approximate surface area is 124 Å². The molecule has 0 aliphatic heterocycles. The highest BCUT2D eigenvalue weighted by Crippen LogP contribution is 2.68. The van der Waals surface area contributed by atoms with E-state index in [9.17, 15) is 39.9 Å². The topological polar surface area (TPSA) is 26.3 Å². The van der Waals surface area contributed by atoms with Crippen LogP contribution in [0.1, 0.15) is 0 Å². The van der Waals surface area contributed by atoms with Gasteiger partial charge >= 0.3 is 5.97 Å². The van der Waals surface area contributed by atoms with E-state index in [1.165, 1.54) is 0 Å². The highest BCUT2D eigenvalue weighted by atomic mass is 19.2. The fourth-order valence-electron chi connectivity index (χ4n) is 3.97. The van der Waals surface area contributed by atoms with E-state index in [2.05, 4.69) is 11.3 Å². The van der Waals surface area contributed by atoms with Gasteiger partial charge in [-0.2, -0.15) is 0 Å². The number of carbonyl (C=O) groups excluding carboxylic acids is 1. The lowest BCUT2D eigenvalue weighted by molar-refractivity contribution is -0.375. The molecular weight excluding hydrogens is 340 g/mol. The van der Waals surface area contributed by atoms with Crippen molar-refractivity contribution in [3.63, 3.8) is 0 Å². The fraction of sp³-hybridized carbons (Fsp3) is 0.769. The van der Waals surface area contributed by atoms with E-state index in [0.29, 0.717) is 6.08 Å². The van der Waals surface area contributed by atoms with Gasteiger partial charge in [-0.05, 0) is 0 Å². The van der Waals surface area contributed by atoms with Gasteiger partial charge in [0.15, 0.2) is 24.7 Å². The summed E-state index contributed by atoms with van der Waals surface area (Å²) in [5.41, 5.74) is -12.6. The smallest absolute Gasteiger partial charge is 0.331 e. The molecule has 0 aromatic heterocycles. The molecule has 4 aliphatic carbocycles. The number of carbonyl (C=O) groups is 1. The first-order chi connectivity index (χ1) is 10.5. The first-order valence-corrected chi connectivity index (χ1v) is 6.59. The van der Waals surface area contributed by atoms with Crippen molar-refractivity contribution < 1.29 is 44.7 Å². The molecule has 23 heavy (non-hydrogen) atoms. The summed E-state index contributed by atoms with van der Waals surface area (Å²) < 4.78 is 118. The van der Waals surface area contributed by atoms with Crippen molar-refractivity contribution in [2.45, 2.75) is 54.0 Å². The molecule has 4 fully saturated rings. The summed E-state index contributed by atoms with van der Waals surface area (Å²) in [6.07, 6.45) is -21.0. The third-order valence-electron chi connectivity index (χ3n) is 5.08. The molecule has 0 aromatic rings. The number of alkyl halides is 8. The Bertz CT molecular complexity index is 542. The van der Waals surface area contributed by atoms with Gasteiger partial charge in [-0.25, -0.2) is 39.9 Å². The van der Waals surface area contributed by atoms with E-state index in [0.717, 1.165) is 0 Å². The summed E-state index contributed by atoms with van der Waals surface area (Å²) in [5.74, 6) is -4.53. The Morgan fingerprint density at radius 3 is 1.70 bits per heavy atom. The molecule has 7 unspecified atom stereocenters. The third-order valence-corrected chi connectivity index (χ3v) is 5.08. The summed E-state index contributed by atoms with van der Waals surface area (Å²) in [6, 6.07) is 0. The number of ether oxygens (including phenoxy) is 1. The van der Waals surface area contributed by atoms with Crippen LogP contribution in [0.15, 0.2) is 12.7 Å². The maximum absolute atomic E-state index is 14.5. The molecule has 4 bridgehead atoms. The Morgan fingerprint density at radius 1 is 0.870 bits per heavy atom. The van der Waals surface area contributed by atoms with Crippen LogP contribution < -0.4 is 0 Å². The number of hydrogen-bond acceptors (Lipinski definition) is 2. The van der Waals surface area contributed by atoms with Crippen LogP contribution in [0.3, 0.4) is 0 Å². The van der Waals surface area contributed by atoms with Crippen LogP contribution in [-0.2, 0) is 9.53 Å². The largest absolute Gasteiger partial charge is 0.446 e. The summed E-state index contributed by atoms with van der Waals surface area (Å²) in [6.45, 7) is 2.86.